The standard InChI is InChI=1S/C15H15F3N4O2/c1-9-8-11(15(16,17)18)21-12(20-9)5-6-19-13(23)10-4-3-7-22(2)14(10)24/h3-4,7-8H,5-6H2,1-2H3,(H,19,23). The molecule has 2 heterocycles. The van der Waals surface area contributed by atoms with Gasteiger partial charge in [-0.3, -0.25) is 9.59 Å². The monoisotopic (exact) mass is 340 g/mol. The zero-order valence-corrected chi connectivity index (χ0v) is 13.0. The quantitative estimate of drug-likeness (QED) is 0.914. The summed E-state index contributed by atoms with van der Waals surface area (Å²) >= 11 is 0. The highest BCUT2D eigenvalue weighted by Crippen LogP contribution is 2.27. The molecule has 0 saturated heterocycles. The number of hydrogen-bond donors (Lipinski definition) is 1. The van der Waals surface area contributed by atoms with Gasteiger partial charge in [-0.05, 0) is 25.1 Å². The molecule has 2 aromatic rings. The fraction of sp³-hybridized carbons (Fsp3) is 0.333. The van der Waals surface area contributed by atoms with E-state index in [0.717, 1.165) is 6.07 Å². The van der Waals surface area contributed by atoms with Crippen molar-refractivity contribution >= 4 is 5.91 Å². The third-order valence-corrected chi connectivity index (χ3v) is 3.19. The number of pyridine rings is 1. The summed E-state index contributed by atoms with van der Waals surface area (Å²) in [5.41, 5.74) is -1.33. The van der Waals surface area contributed by atoms with E-state index in [4.69, 9.17) is 0 Å². The van der Waals surface area contributed by atoms with Gasteiger partial charge in [-0.25, -0.2) is 9.97 Å². The third kappa shape index (κ3) is 4.18. The van der Waals surface area contributed by atoms with Gasteiger partial charge in [0.1, 0.15) is 17.1 Å². The second-order valence-corrected chi connectivity index (χ2v) is 5.15. The van der Waals surface area contributed by atoms with Crippen LogP contribution in [0.3, 0.4) is 0 Å². The Labute approximate surface area is 135 Å². The van der Waals surface area contributed by atoms with E-state index in [1.165, 1.54) is 30.8 Å². The number of carbonyl (C=O) groups is 1. The lowest BCUT2D eigenvalue weighted by molar-refractivity contribution is -0.141. The van der Waals surface area contributed by atoms with E-state index in [2.05, 4.69) is 15.3 Å². The molecule has 2 aromatic heterocycles. The molecule has 0 aliphatic heterocycles. The second kappa shape index (κ2) is 6.81. The first-order valence-electron chi connectivity index (χ1n) is 7.04. The maximum atomic E-state index is 12.7. The molecule has 0 aliphatic carbocycles. The van der Waals surface area contributed by atoms with Crippen LogP contribution in [0, 0.1) is 6.92 Å². The summed E-state index contributed by atoms with van der Waals surface area (Å²) in [7, 11) is 1.51. The molecule has 0 spiro atoms. The highest BCUT2D eigenvalue weighted by Gasteiger charge is 2.33. The lowest BCUT2D eigenvalue weighted by Gasteiger charge is -2.09. The van der Waals surface area contributed by atoms with Crippen molar-refractivity contribution in [1.82, 2.24) is 19.9 Å². The Morgan fingerprint density at radius 3 is 2.71 bits per heavy atom. The van der Waals surface area contributed by atoms with E-state index in [0.29, 0.717) is 0 Å². The molecule has 2 rings (SSSR count). The maximum Gasteiger partial charge on any atom is 0.433 e. The fourth-order valence-electron chi connectivity index (χ4n) is 2.04. The average molecular weight is 340 g/mol. The van der Waals surface area contributed by atoms with Gasteiger partial charge in [0, 0.05) is 31.9 Å². The Hall–Kier alpha value is -2.71. The topological polar surface area (TPSA) is 76.9 Å². The molecule has 0 fully saturated rings. The minimum Gasteiger partial charge on any atom is -0.351 e. The van der Waals surface area contributed by atoms with E-state index in [-0.39, 0.29) is 30.0 Å². The third-order valence-electron chi connectivity index (χ3n) is 3.19. The molecule has 1 amide bonds. The van der Waals surface area contributed by atoms with Gasteiger partial charge >= 0.3 is 6.18 Å². The van der Waals surface area contributed by atoms with Crippen LogP contribution in [0.1, 0.15) is 27.6 Å². The number of aromatic nitrogens is 3. The second-order valence-electron chi connectivity index (χ2n) is 5.15. The smallest absolute Gasteiger partial charge is 0.351 e. The van der Waals surface area contributed by atoms with Crippen molar-refractivity contribution in [3.8, 4) is 0 Å². The van der Waals surface area contributed by atoms with Crippen molar-refractivity contribution in [2.45, 2.75) is 19.5 Å². The number of amides is 1. The Kier molecular flexibility index (Phi) is 5.01. The summed E-state index contributed by atoms with van der Waals surface area (Å²) in [6.45, 7) is 1.45. The maximum absolute atomic E-state index is 12.7. The molecule has 24 heavy (non-hydrogen) atoms. The lowest BCUT2D eigenvalue weighted by atomic mass is 10.2. The van der Waals surface area contributed by atoms with Gasteiger partial charge in [0.25, 0.3) is 11.5 Å². The van der Waals surface area contributed by atoms with Crippen LogP contribution in [0.2, 0.25) is 0 Å². The number of aryl methyl sites for hydroxylation is 2. The predicted molar refractivity (Wildman–Crippen MR) is 79.5 cm³/mol. The molecule has 128 valence electrons. The number of halogens is 3. The van der Waals surface area contributed by atoms with Crippen LogP contribution < -0.4 is 10.9 Å². The van der Waals surface area contributed by atoms with Gasteiger partial charge in [0.05, 0.1) is 0 Å². The number of alkyl halides is 3. The molecule has 9 heteroatoms. The minimum atomic E-state index is -4.55. The van der Waals surface area contributed by atoms with E-state index in [9.17, 15) is 22.8 Å². The summed E-state index contributed by atoms with van der Waals surface area (Å²) in [5, 5.41) is 2.48. The van der Waals surface area contributed by atoms with Crippen molar-refractivity contribution < 1.29 is 18.0 Å². The number of rotatable bonds is 4. The van der Waals surface area contributed by atoms with Crippen molar-refractivity contribution in [2.24, 2.45) is 7.05 Å². The van der Waals surface area contributed by atoms with Crippen molar-refractivity contribution in [2.75, 3.05) is 6.54 Å². The van der Waals surface area contributed by atoms with Gasteiger partial charge in [-0.15, -0.1) is 0 Å². The normalized spacial score (nSPS) is 11.4. The Morgan fingerprint density at radius 1 is 1.33 bits per heavy atom. The molecule has 0 atom stereocenters. The van der Waals surface area contributed by atoms with Gasteiger partial charge < -0.3 is 9.88 Å². The molecule has 0 aliphatic rings. The summed E-state index contributed by atoms with van der Waals surface area (Å²) in [6, 6.07) is 3.79. The van der Waals surface area contributed by atoms with Crippen molar-refractivity contribution in [1.29, 1.82) is 0 Å². The lowest BCUT2D eigenvalue weighted by Crippen LogP contribution is -2.33. The van der Waals surface area contributed by atoms with Crippen LogP contribution in [0.5, 0.6) is 0 Å². The first kappa shape index (κ1) is 17.6. The van der Waals surface area contributed by atoms with Crippen molar-refractivity contribution in [3.63, 3.8) is 0 Å². The SMILES string of the molecule is Cc1cc(C(F)(F)F)nc(CCNC(=O)c2cccn(C)c2=O)n1. The van der Waals surface area contributed by atoms with Gasteiger partial charge in [0.2, 0.25) is 0 Å². The van der Waals surface area contributed by atoms with Crippen LogP contribution in [-0.2, 0) is 19.6 Å². The van der Waals surface area contributed by atoms with Crippen molar-refractivity contribution in [3.05, 3.63) is 57.5 Å². The first-order chi connectivity index (χ1) is 11.2. The highest BCUT2D eigenvalue weighted by atomic mass is 19.4. The Balaban J connectivity index is 2.04. The molecule has 0 aromatic carbocycles. The first-order valence-corrected chi connectivity index (χ1v) is 7.04. The largest absolute Gasteiger partial charge is 0.433 e. The number of nitrogens with one attached hydrogen (secondary N) is 1. The highest BCUT2D eigenvalue weighted by molar-refractivity contribution is 5.93. The minimum absolute atomic E-state index is 0.0115. The van der Waals surface area contributed by atoms with E-state index >= 15 is 0 Å². The van der Waals surface area contributed by atoms with E-state index in [1.54, 1.807) is 6.07 Å². The Morgan fingerprint density at radius 2 is 2.04 bits per heavy atom. The van der Waals surface area contributed by atoms with Gasteiger partial charge in [0.15, 0.2) is 0 Å². The zero-order chi connectivity index (χ0) is 17.9. The predicted octanol–water partition coefficient (Wildman–Crippen LogP) is 1.48. The number of carbonyl (C=O) groups excluding carboxylic acids is 1. The molecule has 0 radical (unpaired) electrons. The summed E-state index contributed by atoms with van der Waals surface area (Å²) < 4.78 is 39.4. The molecular weight excluding hydrogens is 325 g/mol. The van der Waals surface area contributed by atoms with Crippen LogP contribution in [0.15, 0.2) is 29.2 Å². The van der Waals surface area contributed by atoms with Gasteiger partial charge in [-0.2, -0.15) is 13.2 Å². The van der Waals surface area contributed by atoms with Crippen LogP contribution in [0.25, 0.3) is 0 Å². The summed E-state index contributed by atoms with van der Waals surface area (Å²) in [4.78, 5) is 31.1. The number of nitrogens with zero attached hydrogens (tertiary/aromatic N) is 3. The molecule has 1 N–H and O–H groups in total. The molecule has 0 bridgehead atoms. The van der Waals surface area contributed by atoms with E-state index in [1.807, 2.05) is 0 Å². The number of hydrogen-bond acceptors (Lipinski definition) is 4. The molecule has 0 saturated carbocycles. The molecular formula is C15H15F3N4O2. The Bertz CT molecular complexity index is 815. The molecule has 6 nitrogen and oxygen atoms in total. The molecule has 0 unspecified atom stereocenters. The van der Waals surface area contributed by atoms with Crippen LogP contribution >= 0.6 is 0 Å². The average Bonchev–Trinajstić information content (AvgIpc) is 2.48. The zero-order valence-electron chi connectivity index (χ0n) is 13.0. The van der Waals surface area contributed by atoms with Crippen LogP contribution in [0.4, 0.5) is 13.2 Å². The van der Waals surface area contributed by atoms with Crippen LogP contribution in [-0.4, -0.2) is 27.0 Å². The van der Waals surface area contributed by atoms with E-state index < -0.39 is 23.3 Å². The fourth-order valence-corrected chi connectivity index (χ4v) is 2.04. The summed E-state index contributed by atoms with van der Waals surface area (Å²) in [6.07, 6.45) is -3.02. The summed E-state index contributed by atoms with van der Waals surface area (Å²) in [5.74, 6) is -0.622. The van der Waals surface area contributed by atoms with Gasteiger partial charge in [-0.1, -0.05) is 0 Å².